The molecule has 1 aliphatic heterocycles. The number of piperidine rings is 1. The van der Waals surface area contributed by atoms with E-state index in [-0.39, 0.29) is 0 Å². The van der Waals surface area contributed by atoms with Crippen LogP contribution in [0.25, 0.3) is 0 Å². The van der Waals surface area contributed by atoms with Gasteiger partial charge < -0.3 is 0 Å². The van der Waals surface area contributed by atoms with Crippen LogP contribution in [0, 0.1) is 11.3 Å². The molecule has 1 heterocycles. The number of rotatable bonds is 1. The fourth-order valence-electron chi connectivity index (χ4n) is 2.07. The van der Waals surface area contributed by atoms with E-state index in [0.717, 1.165) is 31.4 Å². The summed E-state index contributed by atoms with van der Waals surface area (Å²) in [4.78, 5) is 0. The summed E-state index contributed by atoms with van der Waals surface area (Å²) in [6.45, 7) is 0.903. The van der Waals surface area contributed by atoms with Crippen molar-refractivity contribution in [3.63, 3.8) is 0 Å². The third kappa shape index (κ3) is 1.99. The van der Waals surface area contributed by atoms with Crippen molar-refractivity contribution in [3.8, 4) is 6.07 Å². The molecule has 0 radical (unpaired) electrons. The predicted molar refractivity (Wildman–Crippen MR) is 60.6 cm³/mol. The van der Waals surface area contributed by atoms with Crippen LogP contribution in [-0.4, -0.2) is 6.54 Å². The van der Waals surface area contributed by atoms with Crippen LogP contribution < -0.4 is 5.32 Å². The predicted octanol–water partition coefficient (Wildman–Crippen LogP) is 2.83. The summed E-state index contributed by atoms with van der Waals surface area (Å²) in [5.41, 5.74) is 0.459. The van der Waals surface area contributed by atoms with Crippen molar-refractivity contribution >= 4 is 11.6 Å². The van der Waals surface area contributed by atoms with Crippen LogP contribution in [0.3, 0.4) is 0 Å². The highest BCUT2D eigenvalue weighted by Crippen LogP contribution is 2.30. The van der Waals surface area contributed by atoms with Gasteiger partial charge in [0.05, 0.1) is 6.07 Å². The van der Waals surface area contributed by atoms with Gasteiger partial charge >= 0.3 is 0 Å². The van der Waals surface area contributed by atoms with Crippen molar-refractivity contribution in [2.24, 2.45) is 0 Å². The van der Waals surface area contributed by atoms with Gasteiger partial charge in [0.25, 0.3) is 0 Å². The molecule has 1 atom stereocenters. The minimum absolute atomic E-state index is 0.525. The van der Waals surface area contributed by atoms with Gasteiger partial charge in [-0.2, -0.15) is 5.26 Å². The molecular weight excluding hydrogens is 208 g/mol. The van der Waals surface area contributed by atoms with Crippen molar-refractivity contribution < 1.29 is 0 Å². The quantitative estimate of drug-likeness (QED) is 0.790. The molecule has 1 aromatic rings. The normalized spacial score (nSPS) is 25.9. The van der Waals surface area contributed by atoms with Gasteiger partial charge in [0.2, 0.25) is 0 Å². The fourth-order valence-corrected chi connectivity index (χ4v) is 2.26. The number of benzene rings is 1. The molecule has 78 valence electrons. The first-order chi connectivity index (χ1) is 7.27. The lowest BCUT2D eigenvalue weighted by Gasteiger charge is -2.32. The molecule has 0 bridgehead atoms. The van der Waals surface area contributed by atoms with Gasteiger partial charge in [-0.15, -0.1) is 0 Å². The zero-order chi connectivity index (χ0) is 10.7. The molecule has 0 spiro atoms. The van der Waals surface area contributed by atoms with E-state index in [1.54, 1.807) is 0 Å². The Morgan fingerprint density at radius 2 is 2.27 bits per heavy atom. The summed E-state index contributed by atoms with van der Waals surface area (Å²) in [7, 11) is 0. The van der Waals surface area contributed by atoms with Gasteiger partial charge in [-0.1, -0.05) is 23.7 Å². The first-order valence-corrected chi connectivity index (χ1v) is 5.57. The minimum atomic E-state index is -0.525. The molecular formula is C12H13ClN2. The Balaban J connectivity index is 2.37. The molecule has 1 aromatic carbocycles. The Kier molecular flexibility index (Phi) is 2.95. The maximum absolute atomic E-state index is 9.33. The molecule has 1 fully saturated rings. The summed E-state index contributed by atoms with van der Waals surface area (Å²) in [6, 6.07) is 9.96. The molecule has 1 unspecified atom stereocenters. The summed E-state index contributed by atoms with van der Waals surface area (Å²) >= 11 is 5.95. The minimum Gasteiger partial charge on any atom is -0.296 e. The van der Waals surface area contributed by atoms with Gasteiger partial charge in [-0.05, 0) is 43.5 Å². The average Bonchev–Trinajstić information content (AvgIpc) is 2.30. The zero-order valence-electron chi connectivity index (χ0n) is 8.46. The van der Waals surface area contributed by atoms with Crippen LogP contribution in [-0.2, 0) is 5.54 Å². The molecule has 1 saturated heterocycles. The molecule has 0 saturated carbocycles. The third-order valence-corrected chi connectivity index (χ3v) is 3.15. The summed E-state index contributed by atoms with van der Waals surface area (Å²) in [5.74, 6) is 0. The topological polar surface area (TPSA) is 35.8 Å². The van der Waals surface area contributed by atoms with Crippen molar-refractivity contribution in [1.82, 2.24) is 5.32 Å². The number of halogens is 1. The number of nitrogens with one attached hydrogen (secondary N) is 1. The second kappa shape index (κ2) is 4.22. The molecule has 0 aliphatic carbocycles. The summed E-state index contributed by atoms with van der Waals surface area (Å²) in [6.07, 6.45) is 3.10. The van der Waals surface area contributed by atoms with Crippen molar-refractivity contribution in [2.45, 2.75) is 24.8 Å². The van der Waals surface area contributed by atoms with Crippen LogP contribution in [0.4, 0.5) is 0 Å². The monoisotopic (exact) mass is 220 g/mol. The smallest absolute Gasteiger partial charge is 0.132 e. The zero-order valence-corrected chi connectivity index (χ0v) is 9.22. The van der Waals surface area contributed by atoms with Gasteiger partial charge in [0.1, 0.15) is 5.54 Å². The Morgan fingerprint density at radius 3 is 2.87 bits per heavy atom. The van der Waals surface area contributed by atoms with E-state index >= 15 is 0 Å². The largest absolute Gasteiger partial charge is 0.296 e. The molecule has 15 heavy (non-hydrogen) atoms. The van der Waals surface area contributed by atoms with Crippen molar-refractivity contribution in [3.05, 3.63) is 34.9 Å². The lowest BCUT2D eigenvalue weighted by atomic mass is 9.84. The highest BCUT2D eigenvalue weighted by molar-refractivity contribution is 6.30. The van der Waals surface area contributed by atoms with Gasteiger partial charge in [-0.25, -0.2) is 0 Å². The third-order valence-electron chi connectivity index (χ3n) is 2.91. The van der Waals surface area contributed by atoms with E-state index in [1.165, 1.54) is 0 Å². The number of hydrogen-bond acceptors (Lipinski definition) is 2. The van der Waals surface area contributed by atoms with Crippen LogP contribution in [0.15, 0.2) is 24.3 Å². The summed E-state index contributed by atoms with van der Waals surface area (Å²) in [5, 5.41) is 13.3. The Hall–Kier alpha value is -1.04. The molecule has 2 rings (SSSR count). The van der Waals surface area contributed by atoms with Gasteiger partial charge in [0.15, 0.2) is 0 Å². The van der Waals surface area contributed by atoms with E-state index in [4.69, 9.17) is 11.6 Å². The highest BCUT2D eigenvalue weighted by atomic mass is 35.5. The van der Waals surface area contributed by atoms with Crippen LogP contribution >= 0.6 is 11.6 Å². The first-order valence-electron chi connectivity index (χ1n) is 5.19. The van der Waals surface area contributed by atoms with Gasteiger partial charge in [-0.3, -0.25) is 5.32 Å². The van der Waals surface area contributed by atoms with Crippen molar-refractivity contribution in [1.29, 1.82) is 5.26 Å². The lowest BCUT2D eigenvalue weighted by molar-refractivity contribution is 0.330. The lowest BCUT2D eigenvalue weighted by Crippen LogP contribution is -2.44. The molecule has 1 N–H and O–H groups in total. The van der Waals surface area contributed by atoms with Crippen LogP contribution in [0.1, 0.15) is 24.8 Å². The van der Waals surface area contributed by atoms with Gasteiger partial charge in [0, 0.05) is 5.02 Å². The number of hydrogen-bond donors (Lipinski definition) is 1. The average molecular weight is 221 g/mol. The SMILES string of the molecule is N#CC1(c2cccc(Cl)c2)CCCCN1. The molecule has 0 aromatic heterocycles. The molecule has 0 amide bonds. The molecule has 3 heteroatoms. The Bertz CT molecular complexity index is 389. The van der Waals surface area contributed by atoms with Crippen LogP contribution in [0.5, 0.6) is 0 Å². The molecule has 2 nitrogen and oxygen atoms in total. The van der Waals surface area contributed by atoms with E-state index < -0.39 is 5.54 Å². The van der Waals surface area contributed by atoms with E-state index in [0.29, 0.717) is 5.02 Å². The Labute approximate surface area is 94.9 Å². The van der Waals surface area contributed by atoms with E-state index in [9.17, 15) is 5.26 Å². The number of nitrogens with zero attached hydrogens (tertiary/aromatic N) is 1. The molecule has 1 aliphatic rings. The maximum Gasteiger partial charge on any atom is 0.132 e. The highest BCUT2D eigenvalue weighted by Gasteiger charge is 2.33. The second-order valence-electron chi connectivity index (χ2n) is 3.91. The first kappa shape index (κ1) is 10.5. The Morgan fingerprint density at radius 1 is 1.40 bits per heavy atom. The second-order valence-corrected chi connectivity index (χ2v) is 4.35. The van der Waals surface area contributed by atoms with Crippen molar-refractivity contribution in [2.75, 3.05) is 6.54 Å². The van der Waals surface area contributed by atoms with E-state index in [2.05, 4.69) is 11.4 Å². The van der Waals surface area contributed by atoms with Crippen LogP contribution in [0.2, 0.25) is 5.02 Å². The number of nitriles is 1. The fraction of sp³-hybridized carbons (Fsp3) is 0.417. The summed E-state index contributed by atoms with van der Waals surface area (Å²) < 4.78 is 0. The van der Waals surface area contributed by atoms with E-state index in [1.807, 2.05) is 24.3 Å². The maximum atomic E-state index is 9.33. The standard InChI is InChI=1S/C12H13ClN2/c13-11-5-3-4-10(8-11)12(9-14)6-1-2-7-15-12/h3-5,8,15H,1-2,6-7H2.